The topological polar surface area (TPSA) is 54.0 Å². The minimum Gasteiger partial charge on any atom is -0.339 e. The number of aromatic nitrogens is 1. The first-order chi connectivity index (χ1) is 11.6. The summed E-state index contributed by atoms with van der Waals surface area (Å²) in [5.74, 6) is -0.368. The molecule has 1 aromatic heterocycles. The van der Waals surface area contributed by atoms with Crippen molar-refractivity contribution in [3.63, 3.8) is 0 Å². The first-order valence-corrected chi connectivity index (χ1v) is 7.96. The van der Waals surface area contributed by atoms with Crippen LogP contribution in [0, 0.1) is 5.82 Å². The lowest BCUT2D eigenvalue weighted by Gasteiger charge is -2.12. The van der Waals surface area contributed by atoms with Crippen LogP contribution in [0.25, 0.3) is 0 Å². The summed E-state index contributed by atoms with van der Waals surface area (Å²) in [4.78, 5) is 16.7. The van der Waals surface area contributed by atoms with Gasteiger partial charge in [0.15, 0.2) is 0 Å². The Kier molecular flexibility index (Phi) is 4.86. The van der Waals surface area contributed by atoms with E-state index in [0.717, 1.165) is 10.2 Å². The van der Waals surface area contributed by atoms with Gasteiger partial charge in [-0.25, -0.2) is 9.37 Å². The number of benzene rings is 2. The van der Waals surface area contributed by atoms with Gasteiger partial charge in [-0.05, 0) is 58.4 Å². The molecule has 0 radical (unpaired) electrons. The second kappa shape index (κ2) is 7.23. The summed E-state index contributed by atoms with van der Waals surface area (Å²) in [6.45, 7) is 0. The molecule has 0 unspecified atom stereocenters. The number of rotatable bonds is 4. The average Bonchev–Trinajstić information content (AvgIpc) is 2.57. The van der Waals surface area contributed by atoms with Gasteiger partial charge >= 0.3 is 0 Å². The van der Waals surface area contributed by atoms with Crippen LogP contribution in [0.3, 0.4) is 0 Å². The lowest BCUT2D eigenvalue weighted by atomic mass is 10.2. The van der Waals surface area contributed by atoms with E-state index in [9.17, 15) is 9.18 Å². The molecule has 0 aliphatic heterocycles. The number of amides is 1. The van der Waals surface area contributed by atoms with Crippen LogP contribution in [0.5, 0.6) is 0 Å². The molecule has 2 N–H and O–H groups in total. The van der Waals surface area contributed by atoms with E-state index in [1.54, 1.807) is 24.4 Å². The van der Waals surface area contributed by atoms with E-state index < -0.39 is 5.82 Å². The van der Waals surface area contributed by atoms with Crippen molar-refractivity contribution in [2.45, 2.75) is 0 Å². The Morgan fingerprint density at radius 3 is 2.67 bits per heavy atom. The van der Waals surface area contributed by atoms with Crippen LogP contribution in [0.1, 0.15) is 10.4 Å². The fraction of sp³-hybridized carbons (Fsp3) is 0. The molecular weight excluding hydrogens is 373 g/mol. The van der Waals surface area contributed by atoms with Crippen LogP contribution in [-0.2, 0) is 0 Å². The number of nitrogens with zero attached hydrogens (tertiary/aromatic N) is 1. The predicted octanol–water partition coefficient (Wildman–Crippen LogP) is 4.98. The molecule has 0 aliphatic rings. The zero-order chi connectivity index (χ0) is 16.9. The maximum Gasteiger partial charge on any atom is 0.259 e. The van der Waals surface area contributed by atoms with Crippen LogP contribution >= 0.6 is 15.9 Å². The highest BCUT2D eigenvalue weighted by Crippen LogP contribution is 2.26. The zero-order valence-corrected chi connectivity index (χ0v) is 14.0. The van der Waals surface area contributed by atoms with Crippen LogP contribution < -0.4 is 10.6 Å². The van der Waals surface area contributed by atoms with Gasteiger partial charge in [0.25, 0.3) is 5.91 Å². The third-order valence-corrected chi connectivity index (χ3v) is 3.95. The first kappa shape index (κ1) is 16.1. The molecule has 0 spiro atoms. The Morgan fingerprint density at radius 2 is 1.88 bits per heavy atom. The number of halogens is 2. The fourth-order valence-corrected chi connectivity index (χ4v) is 2.53. The second-order valence-corrected chi connectivity index (χ2v) is 5.82. The minimum atomic E-state index is -0.412. The van der Waals surface area contributed by atoms with E-state index in [0.29, 0.717) is 17.1 Å². The van der Waals surface area contributed by atoms with Crippen LogP contribution in [0.4, 0.5) is 21.6 Å². The molecule has 3 rings (SSSR count). The Labute approximate surface area is 146 Å². The fourth-order valence-electron chi connectivity index (χ4n) is 2.14. The quantitative estimate of drug-likeness (QED) is 0.665. The smallest absolute Gasteiger partial charge is 0.259 e. The molecule has 0 fully saturated rings. The summed E-state index contributed by atoms with van der Waals surface area (Å²) < 4.78 is 14.1. The zero-order valence-electron chi connectivity index (χ0n) is 12.5. The average molecular weight is 386 g/mol. The van der Waals surface area contributed by atoms with Crippen molar-refractivity contribution in [2.75, 3.05) is 10.6 Å². The maximum absolute atomic E-state index is 13.3. The number of hydrogen-bond acceptors (Lipinski definition) is 3. The van der Waals surface area contributed by atoms with E-state index >= 15 is 0 Å². The molecule has 3 aromatic rings. The van der Waals surface area contributed by atoms with Crippen LogP contribution in [0.2, 0.25) is 0 Å². The predicted molar refractivity (Wildman–Crippen MR) is 96.0 cm³/mol. The van der Waals surface area contributed by atoms with Crippen molar-refractivity contribution in [3.05, 3.63) is 82.7 Å². The van der Waals surface area contributed by atoms with Gasteiger partial charge in [-0.15, -0.1) is 0 Å². The molecule has 0 atom stereocenters. The number of carbonyl (C=O) groups is 1. The van der Waals surface area contributed by atoms with Gasteiger partial charge in [0, 0.05) is 16.4 Å². The molecule has 1 heterocycles. The van der Waals surface area contributed by atoms with Crippen molar-refractivity contribution >= 4 is 39.0 Å². The minimum absolute atomic E-state index is 0.359. The molecule has 6 heteroatoms. The summed E-state index contributed by atoms with van der Waals surface area (Å²) >= 11 is 3.44. The number of nitrogens with one attached hydrogen (secondary N) is 2. The molecule has 0 saturated carbocycles. The van der Waals surface area contributed by atoms with E-state index in [2.05, 4.69) is 31.5 Å². The molecule has 1 amide bonds. The molecule has 0 aliphatic carbocycles. The highest BCUT2D eigenvalue weighted by molar-refractivity contribution is 9.10. The van der Waals surface area contributed by atoms with Gasteiger partial charge in [0.2, 0.25) is 0 Å². The van der Waals surface area contributed by atoms with E-state index in [4.69, 9.17) is 0 Å². The number of pyridine rings is 1. The third-order valence-electron chi connectivity index (χ3n) is 3.26. The highest BCUT2D eigenvalue weighted by atomic mass is 79.9. The third kappa shape index (κ3) is 3.78. The van der Waals surface area contributed by atoms with Gasteiger partial charge in [0.05, 0.1) is 11.3 Å². The summed E-state index contributed by atoms with van der Waals surface area (Å²) in [6, 6.07) is 16.6. The molecule has 0 saturated heterocycles. The van der Waals surface area contributed by atoms with E-state index in [-0.39, 0.29) is 5.91 Å². The number of para-hydroxylation sites is 1. The van der Waals surface area contributed by atoms with Crippen molar-refractivity contribution in [1.29, 1.82) is 0 Å². The Bertz CT molecular complexity index is 885. The SMILES string of the molecule is O=C(Nc1cccc(F)c1)c1cccnc1Nc1ccccc1Br. The van der Waals surface area contributed by atoms with Gasteiger partial charge in [-0.1, -0.05) is 18.2 Å². The molecule has 2 aromatic carbocycles. The second-order valence-electron chi connectivity index (χ2n) is 4.97. The molecular formula is C18H13BrFN3O. The number of hydrogen-bond donors (Lipinski definition) is 2. The lowest BCUT2D eigenvalue weighted by Crippen LogP contribution is -2.14. The number of anilines is 3. The molecule has 4 nitrogen and oxygen atoms in total. The number of carbonyl (C=O) groups excluding carboxylic acids is 1. The van der Waals surface area contributed by atoms with Gasteiger partial charge in [0.1, 0.15) is 11.6 Å². The lowest BCUT2D eigenvalue weighted by molar-refractivity contribution is 0.102. The standard InChI is InChI=1S/C18H13BrFN3O/c19-15-8-1-2-9-16(15)23-17-14(7-4-10-21-17)18(24)22-13-6-3-5-12(20)11-13/h1-11H,(H,21,23)(H,22,24). The normalized spacial score (nSPS) is 10.2. The summed E-state index contributed by atoms with van der Waals surface area (Å²) in [5.41, 5.74) is 1.53. The largest absolute Gasteiger partial charge is 0.339 e. The van der Waals surface area contributed by atoms with Gasteiger partial charge in [-0.3, -0.25) is 4.79 Å². The van der Waals surface area contributed by atoms with Crippen LogP contribution in [-0.4, -0.2) is 10.9 Å². The van der Waals surface area contributed by atoms with Crippen molar-refractivity contribution in [1.82, 2.24) is 4.98 Å². The van der Waals surface area contributed by atoms with Crippen molar-refractivity contribution in [2.24, 2.45) is 0 Å². The molecule has 120 valence electrons. The Balaban J connectivity index is 1.86. The van der Waals surface area contributed by atoms with Crippen LogP contribution in [0.15, 0.2) is 71.3 Å². The van der Waals surface area contributed by atoms with Gasteiger partial charge in [-0.2, -0.15) is 0 Å². The summed E-state index contributed by atoms with van der Waals surface area (Å²) in [5, 5.41) is 5.80. The van der Waals surface area contributed by atoms with Crippen molar-refractivity contribution < 1.29 is 9.18 Å². The summed E-state index contributed by atoms with van der Waals surface area (Å²) in [7, 11) is 0. The van der Waals surface area contributed by atoms with Gasteiger partial charge < -0.3 is 10.6 Å². The Hall–Kier alpha value is -2.73. The molecule has 24 heavy (non-hydrogen) atoms. The van der Waals surface area contributed by atoms with E-state index in [1.807, 2.05) is 24.3 Å². The van der Waals surface area contributed by atoms with Crippen molar-refractivity contribution in [3.8, 4) is 0 Å². The Morgan fingerprint density at radius 1 is 1.04 bits per heavy atom. The molecule has 0 bridgehead atoms. The van der Waals surface area contributed by atoms with E-state index in [1.165, 1.54) is 18.2 Å². The monoisotopic (exact) mass is 385 g/mol. The summed E-state index contributed by atoms with van der Waals surface area (Å²) in [6.07, 6.45) is 1.60. The first-order valence-electron chi connectivity index (χ1n) is 7.17. The maximum atomic E-state index is 13.3. The highest BCUT2D eigenvalue weighted by Gasteiger charge is 2.13.